The summed E-state index contributed by atoms with van der Waals surface area (Å²) < 4.78 is 6.92. The number of fused-ring (bicyclic) bond motifs is 1. The van der Waals surface area contributed by atoms with Crippen molar-refractivity contribution in [1.82, 2.24) is 35.7 Å². The first-order valence-corrected chi connectivity index (χ1v) is 8.59. The van der Waals surface area contributed by atoms with Crippen LogP contribution >= 0.6 is 11.3 Å². The van der Waals surface area contributed by atoms with Crippen molar-refractivity contribution in [2.75, 3.05) is 0 Å². The lowest BCUT2D eigenvalue weighted by atomic mass is 10.0. The Hall–Kier alpha value is -2.62. The van der Waals surface area contributed by atoms with Crippen LogP contribution in [0.5, 0.6) is 0 Å². The SMILES string of the molecule is O=C(NCc1noc(-c2cccs2)n1)C1CCCCn2nnnc21. The largest absolute Gasteiger partial charge is 0.348 e. The van der Waals surface area contributed by atoms with E-state index in [1.165, 1.54) is 11.3 Å². The molecule has 3 aromatic rings. The molecule has 0 saturated carbocycles. The standard InChI is InChI=1S/C14H15N7O2S/c22-13(9-4-1-2-6-21-12(9)17-19-20-21)15-8-11-16-14(23-18-11)10-5-3-7-24-10/h3,5,7,9H,1-2,4,6,8H2,(H,15,22). The van der Waals surface area contributed by atoms with Crippen molar-refractivity contribution in [3.8, 4) is 10.8 Å². The number of tetrazole rings is 1. The predicted octanol–water partition coefficient (Wildman–Crippen LogP) is 1.37. The lowest BCUT2D eigenvalue weighted by Gasteiger charge is -2.12. The molecule has 4 heterocycles. The van der Waals surface area contributed by atoms with E-state index in [9.17, 15) is 4.79 Å². The fourth-order valence-corrected chi connectivity index (χ4v) is 3.37. The number of carbonyl (C=O) groups excluding carboxylic acids is 1. The maximum Gasteiger partial charge on any atom is 0.268 e. The summed E-state index contributed by atoms with van der Waals surface area (Å²) in [6.45, 7) is 0.965. The van der Waals surface area contributed by atoms with Crippen LogP contribution in [0.3, 0.4) is 0 Å². The van der Waals surface area contributed by atoms with Gasteiger partial charge in [0.25, 0.3) is 5.89 Å². The van der Waals surface area contributed by atoms with Gasteiger partial charge in [0, 0.05) is 6.54 Å². The molecule has 1 N–H and O–H groups in total. The molecule has 124 valence electrons. The molecule has 0 radical (unpaired) electrons. The molecule has 1 unspecified atom stereocenters. The molecule has 0 bridgehead atoms. The third-order valence-corrected chi connectivity index (χ3v) is 4.78. The zero-order chi connectivity index (χ0) is 16.4. The van der Waals surface area contributed by atoms with E-state index >= 15 is 0 Å². The fourth-order valence-electron chi connectivity index (χ4n) is 2.72. The molecule has 1 aliphatic rings. The van der Waals surface area contributed by atoms with E-state index in [0.717, 1.165) is 30.7 Å². The molecule has 1 aliphatic heterocycles. The average molecular weight is 345 g/mol. The number of nitrogens with zero attached hydrogens (tertiary/aromatic N) is 6. The number of aromatic nitrogens is 6. The van der Waals surface area contributed by atoms with E-state index in [-0.39, 0.29) is 18.4 Å². The monoisotopic (exact) mass is 345 g/mol. The normalized spacial score (nSPS) is 17.2. The molecule has 4 rings (SSSR count). The highest BCUT2D eigenvalue weighted by atomic mass is 32.1. The van der Waals surface area contributed by atoms with Gasteiger partial charge in [0.2, 0.25) is 5.91 Å². The Morgan fingerprint density at radius 3 is 3.29 bits per heavy atom. The van der Waals surface area contributed by atoms with Gasteiger partial charge in [0.05, 0.1) is 17.3 Å². The van der Waals surface area contributed by atoms with Crippen LogP contribution in [0.2, 0.25) is 0 Å². The zero-order valence-corrected chi connectivity index (χ0v) is 13.6. The van der Waals surface area contributed by atoms with Crippen LogP contribution in [-0.2, 0) is 17.9 Å². The van der Waals surface area contributed by atoms with Crippen molar-refractivity contribution in [3.05, 3.63) is 29.2 Å². The molecule has 1 atom stereocenters. The highest BCUT2D eigenvalue weighted by molar-refractivity contribution is 7.13. The molecule has 0 aliphatic carbocycles. The maximum absolute atomic E-state index is 12.5. The third-order valence-electron chi connectivity index (χ3n) is 3.92. The summed E-state index contributed by atoms with van der Waals surface area (Å²) in [6.07, 6.45) is 2.66. The highest BCUT2D eigenvalue weighted by Gasteiger charge is 2.28. The first-order valence-electron chi connectivity index (χ1n) is 7.71. The van der Waals surface area contributed by atoms with Crippen LogP contribution in [-0.4, -0.2) is 36.3 Å². The zero-order valence-electron chi connectivity index (χ0n) is 12.8. The van der Waals surface area contributed by atoms with Gasteiger partial charge in [-0.25, -0.2) is 4.68 Å². The van der Waals surface area contributed by atoms with Gasteiger partial charge in [-0.05, 0) is 34.7 Å². The molecule has 10 heteroatoms. The molecule has 0 saturated heterocycles. The number of rotatable bonds is 4. The second-order valence-corrected chi connectivity index (χ2v) is 6.47. The van der Waals surface area contributed by atoms with E-state index in [4.69, 9.17) is 4.52 Å². The number of nitrogens with one attached hydrogen (secondary N) is 1. The molecule has 1 amide bonds. The number of thiophene rings is 1. The molecular formula is C14H15N7O2S. The van der Waals surface area contributed by atoms with Crippen molar-refractivity contribution in [1.29, 1.82) is 0 Å². The fraction of sp³-hybridized carbons (Fsp3) is 0.429. The molecule has 9 nitrogen and oxygen atoms in total. The second kappa shape index (κ2) is 6.48. The first-order chi connectivity index (χ1) is 11.8. The van der Waals surface area contributed by atoms with Crippen molar-refractivity contribution in [2.24, 2.45) is 0 Å². The summed E-state index contributed by atoms with van der Waals surface area (Å²) in [5, 5.41) is 20.3. The summed E-state index contributed by atoms with van der Waals surface area (Å²) in [5.74, 6) is 1.08. The van der Waals surface area contributed by atoms with Crippen molar-refractivity contribution in [2.45, 2.75) is 38.3 Å². The van der Waals surface area contributed by atoms with Crippen LogP contribution in [0.1, 0.15) is 36.8 Å². The van der Waals surface area contributed by atoms with Crippen molar-refractivity contribution < 1.29 is 9.32 Å². The molecule has 0 spiro atoms. The smallest absolute Gasteiger partial charge is 0.268 e. The number of hydrogen-bond acceptors (Lipinski definition) is 8. The van der Waals surface area contributed by atoms with Crippen molar-refractivity contribution >= 4 is 17.2 Å². The second-order valence-electron chi connectivity index (χ2n) is 5.52. The van der Waals surface area contributed by atoms with Gasteiger partial charge >= 0.3 is 0 Å². The first kappa shape index (κ1) is 14.9. The summed E-state index contributed by atoms with van der Waals surface area (Å²) in [6, 6.07) is 3.83. The number of amides is 1. The Morgan fingerprint density at radius 2 is 2.42 bits per heavy atom. The van der Waals surface area contributed by atoms with Crippen LogP contribution in [0.15, 0.2) is 22.0 Å². The molecule has 0 aromatic carbocycles. The summed E-state index contributed by atoms with van der Waals surface area (Å²) in [5.41, 5.74) is 0. The molecular weight excluding hydrogens is 330 g/mol. The van der Waals surface area contributed by atoms with Gasteiger partial charge in [-0.1, -0.05) is 17.6 Å². The van der Waals surface area contributed by atoms with Gasteiger partial charge in [0.1, 0.15) is 0 Å². The lowest BCUT2D eigenvalue weighted by Crippen LogP contribution is -2.30. The predicted molar refractivity (Wildman–Crippen MR) is 83.9 cm³/mol. The number of aryl methyl sites for hydroxylation is 1. The molecule has 0 fully saturated rings. The topological polar surface area (TPSA) is 112 Å². The lowest BCUT2D eigenvalue weighted by molar-refractivity contribution is -0.123. The van der Waals surface area contributed by atoms with Crippen LogP contribution in [0.25, 0.3) is 10.8 Å². The Kier molecular flexibility index (Phi) is 4.03. The minimum atomic E-state index is -0.342. The van der Waals surface area contributed by atoms with Gasteiger partial charge in [-0.15, -0.1) is 16.4 Å². The average Bonchev–Trinajstić information content (AvgIpc) is 3.32. The van der Waals surface area contributed by atoms with Gasteiger partial charge in [0.15, 0.2) is 11.6 Å². The van der Waals surface area contributed by atoms with E-state index < -0.39 is 0 Å². The Bertz CT molecular complexity index is 826. The molecule has 3 aromatic heterocycles. The van der Waals surface area contributed by atoms with Crippen LogP contribution in [0, 0.1) is 0 Å². The van der Waals surface area contributed by atoms with Crippen LogP contribution < -0.4 is 5.32 Å². The summed E-state index contributed by atoms with van der Waals surface area (Å²) >= 11 is 1.52. The summed E-state index contributed by atoms with van der Waals surface area (Å²) in [4.78, 5) is 17.7. The van der Waals surface area contributed by atoms with E-state index in [1.807, 2.05) is 17.5 Å². The van der Waals surface area contributed by atoms with Gasteiger partial charge in [-0.2, -0.15) is 4.98 Å². The third kappa shape index (κ3) is 2.92. The highest BCUT2D eigenvalue weighted by Crippen LogP contribution is 2.24. The van der Waals surface area contributed by atoms with Crippen molar-refractivity contribution in [3.63, 3.8) is 0 Å². The van der Waals surface area contributed by atoms with Gasteiger partial charge in [-0.3, -0.25) is 4.79 Å². The van der Waals surface area contributed by atoms with Crippen LogP contribution in [0.4, 0.5) is 0 Å². The molecule has 24 heavy (non-hydrogen) atoms. The minimum absolute atomic E-state index is 0.115. The van der Waals surface area contributed by atoms with Gasteiger partial charge < -0.3 is 9.84 Å². The quantitative estimate of drug-likeness (QED) is 0.760. The van der Waals surface area contributed by atoms with E-state index in [1.54, 1.807) is 4.68 Å². The maximum atomic E-state index is 12.5. The summed E-state index contributed by atoms with van der Waals surface area (Å²) in [7, 11) is 0. The Morgan fingerprint density at radius 1 is 1.46 bits per heavy atom. The number of carbonyl (C=O) groups is 1. The van der Waals surface area contributed by atoms with E-state index in [0.29, 0.717) is 17.5 Å². The Balaban J connectivity index is 1.42. The Labute approximate surface area is 141 Å². The minimum Gasteiger partial charge on any atom is -0.348 e. The van der Waals surface area contributed by atoms with E-state index in [2.05, 4.69) is 31.0 Å². The number of hydrogen-bond donors (Lipinski definition) is 1.